The van der Waals surface area contributed by atoms with Crippen LogP contribution in [0.4, 0.5) is 18.9 Å². The Labute approximate surface area is 148 Å². The van der Waals surface area contributed by atoms with Gasteiger partial charge in [-0.15, -0.1) is 13.2 Å². The number of carbonyl (C=O) groups excluding carboxylic acids is 1. The van der Waals surface area contributed by atoms with E-state index in [4.69, 9.17) is 0 Å². The van der Waals surface area contributed by atoms with Gasteiger partial charge in [0.1, 0.15) is 11.8 Å². The Bertz CT molecular complexity index is 846. The second-order valence-electron chi connectivity index (χ2n) is 6.28. The van der Waals surface area contributed by atoms with Gasteiger partial charge in [-0.05, 0) is 24.1 Å². The van der Waals surface area contributed by atoms with E-state index in [9.17, 15) is 18.0 Å². The van der Waals surface area contributed by atoms with E-state index in [1.54, 1.807) is 24.3 Å². The number of benzodiazepines with no additional fused rings is 1. The maximum Gasteiger partial charge on any atom is 0.573 e. The number of fused-ring (bicyclic) bond motifs is 1. The number of nitrogens with zero attached hydrogens (tertiary/aromatic N) is 1. The Morgan fingerprint density at radius 3 is 2.42 bits per heavy atom. The summed E-state index contributed by atoms with van der Waals surface area (Å²) in [7, 11) is 0. The van der Waals surface area contributed by atoms with Crippen molar-refractivity contribution < 1.29 is 22.7 Å². The van der Waals surface area contributed by atoms with Crippen LogP contribution in [0.1, 0.15) is 25.0 Å². The van der Waals surface area contributed by atoms with Gasteiger partial charge in [-0.3, -0.25) is 9.79 Å². The predicted octanol–water partition coefficient (Wildman–Crippen LogP) is 4.40. The number of rotatable bonds is 3. The second-order valence-corrected chi connectivity index (χ2v) is 6.28. The molecule has 2 aromatic rings. The zero-order chi connectivity index (χ0) is 18.9. The molecular formula is C19H17F3N2O2. The molecule has 0 saturated carbocycles. The van der Waals surface area contributed by atoms with Crippen molar-refractivity contribution in [1.29, 1.82) is 0 Å². The highest BCUT2D eigenvalue weighted by molar-refractivity contribution is 6.19. The second kappa shape index (κ2) is 6.82. The van der Waals surface area contributed by atoms with Gasteiger partial charge in [0.15, 0.2) is 0 Å². The third-order valence-corrected chi connectivity index (χ3v) is 3.95. The molecule has 3 rings (SSSR count). The fourth-order valence-corrected chi connectivity index (χ4v) is 2.78. The molecule has 0 saturated heterocycles. The summed E-state index contributed by atoms with van der Waals surface area (Å²) in [4.78, 5) is 17.1. The van der Waals surface area contributed by atoms with Crippen molar-refractivity contribution in [3.05, 3.63) is 59.7 Å². The Balaban J connectivity index is 2.17. The van der Waals surface area contributed by atoms with Crippen LogP contribution >= 0.6 is 0 Å². The van der Waals surface area contributed by atoms with Crippen molar-refractivity contribution in [1.82, 2.24) is 0 Å². The van der Waals surface area contributed by atoms with E-state index in [2.05, 4.69) is 15.0 Å². The number of amides is 1. The minimum Gasteiger partial charge on any atom is -0.406 e. The van der Waals surface area contributed by atoms with Crippen LogP contribution in [-0.2, 0) is 4.79 Å². The molecule has 7 heteroatoms. The van der Waals surface area contributed by atoms with Crippen molar-refractivity contribution >= 4 is 17.3 Å². The first-order valence-corrected chi connectivity index (χ1v) is 8.09. The first-order valence-electron chi connectivity index (χ1n) is 8.09. The first-order chi connectivity index (χ1) is 12.2. The highest BCUT2D eigenvalue weighted by atomic mass is 19.4. The summed E-state index contributed by atoms with van der Waals surface area (Å²) >= 11 is 0. The topological polar surface area (TPSA) is 50.7 Å². The van der Waals surface area contributed by atoms with Crippen molar-refractivity contribution in [2.45, 2.75) is 26.3 Å². The molecule has 0 bridgehead atoms. The smallest absolute Gasteiger partial charge is 0.406 e. The van der Waals surface area contributed by atoms with Gasteiger partial charge >= 0.3 is 6.36 Å². The molecule has 0 spiro atoms. The summed E-state index contributed by atoms with van der Waals surface area (Å²) in [5.41, 5.74) is 1.94. The van der Waals surface area contributed by atoms with E-state index in [1.807, 2.05) is 19.9 Å². The lowest BCUT2D eigenvalue weighted by Crippen LogP contribution is -2.30. The van der Waals surface area contributed by atoms with Crippen LogP contribution in [0.25, 0.3) is 0 Å². The molecule has 2 aromatic carbocycles. The number of aliphatic imine (C=N–C) groups is 1. The van der Waals surface area contributed by atoms with Gasteiger partial charge in [0.2, 0.25) is 5.91 Å². The third kappa shape index (κ3) is 3.87. The zero-order valence-corrected chi connectivity index (χ0v) is 14.2. The van der Waals surface area contributed by atoms with Crippen molar-refractivity contribution in [3.63, 3.8) is 0 Å². The first kappa shape index (κ1) is 18.0. The van der Waals surface area contributed by atoms with Crippen LogP contribution in [-0.4, -0.2) is 24.0 Å². The highest BCUT2D eigenvalue weighted by Crippen LogP contribution is 2.31. The molecule has 0 fully saturated rings. The number of hydrogen-bond donors (Lipinski definition) is 1. The number of halogens is 3. The van der Waals surface area contributed by atoms with Gasteiger partial charge in [0.05, 0.1) is 11.4 Å². The average molecular weight is 362 g/mol. The number of anilines is 1. The quantitative estimate of drug-likeness (QED) is 0.880. The maximum absolute atomic E-state index is 12.6. The van der Waals surface area contributed by atoms with Gasteiger partial charge in [0.25, 0.3) is 0 Å². The molecule has 1 unspecified atom stereocenters. The number of hydrogen-bond acceptors (Lipinski definition) is 3. The molecule has 26 heavy (non-hydrogen) atoms. The van der Waals surface area contributed by atoms with Crippen LogP contribution in [0.5, 0.6) is 5.75 Å². The Morgan fingerprint density at radius 1 is 1.12 bits per heavy atom. The predicted molar refractivity (Wildman–Crippen MR) is 92.5 cm³/mol. The van der Waals surface area contributed by atoms with E-state index in [1.165, 1.54) is 18.2 Å². The zero-order valence-electron chi connectivity index (χ0n) is 14.2. The summed E-state index contributed by atoms with van der Waals surface area (Å²) in [6.45, 7) is 3.73. The summed E-state index contributed by atoms with van der Waals surface area (Å²) in [6, 6.07) is 12.2. The molecule has 0 radical (unpaired) electrons. The van der Waals surface area contributed by atoms with Crippen LogP contribution in [0, 0.1) is 5.92 Å². The van der Waals surface area contributed by atoms with Crippen LogP contribution in [0.3, 0.4) is 0 Å². The standard InChI is InChI=1S/C19H17F3N2O2/c1-11(2)16-18(25)23-15-9-8-13(26-19(20,21)22)10-14(15)17(24-16)12-6-4-3-5-7-12/h3-11,16H,1-2H3,(H,23,25). The molecule has 1 amide bonds. The largest absolute Gasteiger partial charge is 0.573 e. The number of benzene rings is 2. The van der Waals surface area contributed by atoms with E-state index in [0.29, 0.717) is 22.5 Å². The van der Waals surface area contributed by atoms with Gasteiger partial charge in [-0.1, -0.05) is 44.2 Å². The fraction of sp³-hybridized carbons (Fsp3) is 0.263. The number of ether oxygens (including phenoxy) is 1. The van der Waals surface area contributed by atoms with Crippen molar-refractivity contribution in [2.24, 2.45) is 10.9 Å². The van der Waals surface area contributed by atoms with Crippen LogP contribution in [0.15, 0.2) is 53.5 Å². The fourth-order valence-electron chi connectivity index (χ4n) is 2.78. The minimum absolute atomic E-state index is 0.0751. The lowest BCUT2D eigenvalue weighted by Gasteiger charge is -2.14. The molecule has 1 aliphatic rings. The number of carbonyl (C=O) groups is 1. The molecule has 1 aliphatic heterocycles. The maximum atomic E-state index is 12.6. The molecule has 1 heterocycles. The number of nitrogens with one attached hydrogen (secondary N) is 1. The van der Waals surface area contributed by atoms with E-state index >= 15 is 0 Å². The van der Waals surface area contributed by atoms with E-state index in [-0.39, 0.29) is 17.6 Å². The third-order valence-electron chi connectivity index (χ3n) is 3.95. The Kier molecular flexibility index (Phi) is 4.71. The van der Waals surface area contributed by atoms with Crippen LogP contribution < -0.4 is 10.1 Å². The summed E-state index contributed by atoms with van der Waals surface area (Å²) in [5, 5.41) is 2.75. The molecule has 1 N–H and O–H groups in total. The van der Waals surface area contributed by atoms with Gasteiger partial charge < -0.3 is 10.1 Å². The van der Waals surface area contributed by atoms with Crippen molar-refractivity contribution in [2.75, 3.05) is 5.32 Å². The number of alkyl halides is 3. The lowest BCUT2D eigenvalue weighted by molar-refractivity contribution is -0.274. The lowest BCUT2D eigenvalue weighted by atomic mass is 9.99. The highest BCUT2D eigenvalue weighted by Gasteiger charge is 2.33. The van der Waals surface area contributed by atoms with Gasteiger partial charge in [-0.2, -0.15) is 0 Å². The summed E-state index contributed by atoms with van der Waals surface area (Å²) in [5.74, 6) is -0.734. The monoisotopic (exact) mass is 362 g/mol. The Morgan fingerprint density at radius 2 is 1.81 bits per heavy atom. The summed E-state index contributed by atoms with van der Waals surface area (Å²) in [6.07, 6.45) is -4.80. The van der Waals surface area contributed by atoms with Crippen molar-refractivity contribution in [3.8, 4) is 5.75 Å². The molecule has 4 nitrogen and oxygen atoms in total. The minimum atomic E-state index is -4.80. The molecule has 0 aromatic heterocycles. The molecular weight excluding hydrogens is 345 g/mol. The Hall–Kier alpha value is -2.83. The molecule has 136 valence electrons. The van der Waals surface area contributed by atoms with Gasteiger partial charge in [0, 0.05) is 11.1 Å². The SMILES string of the molecule is CC(C)C1N=C(c2ccccc2)c2cc(OC(F)(F)F)ccc2NC1=O. The van der Waals surface area contributed by atoms with E-state index < -0.39 is 12.4 Å². The average Bonchev–Trinajstić information content (AvgIpc) is 2.70. The van der Waals surface area contributed by atoms with E-state index in [0.717, 1.165) is 0 Å². The molecule has 1 atom stereocenters. The normalized spacial score (nSPS) is 17.2. The van der Waals surface area contributed by atoms with Crippen LogP contribution in [0.2, 0.25) is 0 Å². The van der Waals surface area contributed by atoms with Gasteiger partial charge in [-0.25, -0.2) is 0 Å². The molecule has 0 aliphatic carbocycles. The summed E-state index contributed by atoms with van der Waals surface area (Å²) < 4.78 is 41.8.